The number of hydrogen-bond acceptors (Lipinski definition) is 5. The Balaban J connectivity index is 1.42. The molecule has 2 heterocycles. The number of carbonyl (C=O) groups is 1. The minimum atomic E-state index is -0.619. The predicted molar refractivity (Wildman–Crippen MR) is 103 cm³/mol. The smallest absolute Gasteiger partial charge is 0.253 e. The van der Waals surface area contributed by atoms with Crippen molar-refractivity contribution in [1.29, 1.82) is 0 Å². The molecule has 1 N–H and O–H groups in total. The number of amides is 1. The van der Waals surface area contributed by atoms with Crippen molar-refractivity contribution in [2.24, 2.45) is 4.99 Å². The van der Waals surface area contributed by atoms with E-state index in [9.17, 15) is 4.79 Å². The molecule has 1 saturated heterocycles. The molecule has 0 unspecified atom stereocenters. The van der Waals surface area contributed by atoms with Crippen molar-refractivity contribution in [1.82, 2.24) is 10.4 Å². The Hall–Kier alpha value is -2.57. The zero-order chi connectivity index (χ0) is 18.9. The third-order valence-corrected chi connectivity index (χ3v) is 5.19. The zero-order valence-corrected chi connectivity index (χ0v) is 15.7. The largest absolute Gasteiger partial charge is 0.497 e. The van der Waals surface area contributed by atoms with Gasteiger partial charge in [0.15, 0.2) is 11.6 Å². The maximum atomic E-state index is 12.7. The minimum absolute atomic E-state index is 0.0142. The standard InChI is InChI=1S/C20H20ClN3O3/c1-26-17-8-4-15(5-9-17)19(25)24-12-10-20(11-13-24)22-18(23-27-20)14-2-6-16(21)7-3-14/h2-9H,10-13H2,1H3,(H,22,23). The highest BCUT2D eigenvalue weighted by atomic mass is 35.5. The lowest BCUT2D eigenvalue weighted by Gasteiger charge is -2.35. The fourth-order valence-electron chi connectivity index (χ4n) is 3.31. The highest BCUT2D eigenvalue weighted by molar-refractivity contribution is 6.30. The number of methoxy groups -OCH3 is 1. The number of likely N-dealkylation sites (tertiary alicyclic amines) is 1. The Morgan fingerprint density at radius 2 is 1.81 bits per heavy atom. The van der Waals surface area contributed by atoms with E-state index >= 15 is 0 Å². The molecule has 2 aliphatic heterocycles. The van der Waals surface area contributed by atoms with Crippen LogP contribution in [0.2, 0.25) is 5.02 Å². The molecule has 1 amide bonds. The van der Waals surface area contributed by atoms with Gasteiger partial charge in [0.2, 0.25) is 0 Å². The van der Waals surface area contributed by atoms with Crippen molar-refractivity contribution in [3.05, 3.63) is 64.7 Å². The van der Waals surface area contributed by atoms with Crippen LogP contribution in [-0.4, -0.2) is 42.6 Å². The Morgan fingerprint density at radius 1 is 1.15 bits per heavy atom. The normalized spacial score (nSPS) is 18.1. The van der Waals surface area contributed by atoms with Gasteiger partial charge in [-0.1, -0.05) is 11.6 Å². The molecule has 2 aromatic carbocycles. The molecule has 0 atom stereocenters. The van der Waals surface area contributed by atoms with Crippen LogP contribution in [0.4, 0.5) is 0 Å². The molecule has 1 spiro atoms. The second kappa shape index (κ2) is 7.21. The Bertz CT molecular complexity index is 857. The van der Waals surface area contributed by atoms with Crippen LogP contribution in [0.15, 0.2) is 53.5 Å². The topological polar surface area (TPSA) is 63.2 Å². The van der Waals surface area contributed by atoms with Crippen LogP contribution in [0.1, 0.15) is 28.8 Å². The molecular weight excluding hydrogens is 366 g/mol. The van der Waals surface area contributed by atoms with Crippen molar-refractivity contribution < 1.29 is 14.4 Å². The molecule has 27 heavy (non-hydrogen) atoms. The van der Waals surface area contributed by atoms with E-state index in [1.165, 1.54) is 0 Å². The molecule has 0 radical (unpaired) electrons. The molecule has 0 bridgehead atoms. The number of aliphatic imine (C=N–C) groups is 1. The van der Waals surface area contributed by atoms with E-state index in [1.807, 2.05) is 29.2 Å². The second-order valence-electron chi connectivity index (χ2n) is 6.64. The van der Waals surface area contributed by atoms with E-state index in [1.54, 1.807) is 31.4 Å². The number of carbonyl (C=O) groups excluding carboxylic acids is 1. The summed E-state index contributed by atoms with van der Waals surface area (Å²) in [6.45, 7) is 1.17. The third kappa shape index (κ3) is 3.63. The van der Waals surface area contributed by atoms with Crippen molar-refractivity contribution >= 4 is 23.3 Å². The van der Waals surface area contributed by atoms with Crippen molar-refractivity contribution in [2.75, 3.05) is 20.2 Å². The number of benzene rings is 2. The average molecular weight is 386 g/mol. The van der Waals surface area contributed by atoms with Gasteiger partial charge in [-0.15, -0.1) is 0 Å². The summed E-state index contributed by atoms with van der Waals surface area (Å²) < 4.78 is 5.14. The summed E-state index contributed by atoms with van der Waals surface area (Å²) in [6, 6.07) is 14.6. The van der Waals surface area contributed by atoms with Gasteiger partial charge in [0.1, 0.15) is 5.75 Å². The molecule has 2 aliphatic rings. The van der Waals surface area contributed by atoms with Crippen LogP contribution in [0.25, 0.3) is 0 Å². The number of hydroxylamine groups is 1. The number of nitrogens with zero attached hydrogens (tertiary/aromatic N) is 2. The summed E-state index contributed by atoms with van der Waals surface area (Å²) in [5.41, 5.74) is 3.89. The maximum Gasteiger partial charge on any atom is 0.253 e. The van der Waals surface area contributed by atoms with Crippen LogP contribution in [-0.2, 0) is 4.84 Å². The molecular formula is C20H20ClN3O3. The summed E-state index contributed by atoms with van der Waals surface area (Å²) >= 11 is 5.94. The summed E-state index contributed by atoms with van der Waals surface area (Å²) in [7, 11) is 1.61. The van der Waals surface area contributed by atoms with E-state index in [2.05, 4.69) is 5.48 Å². The fourth-order valence-corrected chi connectivity index (χ4v) is 3.44. The third-order valence-electron chi connectivity index (χ3n) is 4.94. The molecule has 4 rings (SSSR count). The lowest BCUT2D eigenvalue weighted by Crippen LogP contribution is -2.46. The van der Waals surface area contributed by atoms with E-state index in [0.29, 0.717) is 42.4 Å². The first-order valence-electron chi connectivity index (χ1n) is 8.82. The van der Waals surface area contributed by atoms with Crippen molar-refractivity contribution in [3.63, 3.8) is 0 Å². The van der Waals surface area contributed by atoms with Crippen LogP contribution in [0.5, 0.6) is 5.75 Å². The van der Waals surface area contributed by atoms with E-state index in [4.69, 9.17) is 26.2 Å². The quantitative estimate of drug-likeness (QED) is 0.880. The number of piperidine rings is 1. The van der Waals surface area contributed by atoms with Gasteiger partial charge < -0.3 is 9.64 Å². The van der Waals surface area contributed by atoms with Gasteiger partial charge in [0, 0.05) is 42.1 Å². The van der Waals surface area contributed by atoms with Gasteiger partial charge in [-0.3, -0.25) is 4.79 Å². The lowest BCUT2D eigenvalue weighted by molar-refractivity contribution is -0.0849. The summed E-state index contributed by atoms with van der Waals surface area (Å²) in [4.78, 5) is 25.1. The number of hydrogen-bond donors (Lipinski definition) is 1. The molecule has 0 aliphatic carbocycles. The van der Waals surface area contributed by atoms with Crippen molar-refractivity contribution in [3.8, 4) is 5.75 Å². The highest BCUT2D eigenvalue weighted by Gasteiger charge is 2.41. The van der Waals surface area contributed by atoms with E-state index < -0.39 is 5.72 Å². The number of ether oxygens (including phenoxy) is 1. The maximum absolute atomic E-state index is 12.7. The summed E-state index contributed by atoms with van der Waals surface area (Å²) in [5.74, 6) is 1.45. The van der Waals surface area contributed by atoms with Crippen LogP contribution in [0.3, 0.4) is 0 Å². The van der Waals surface area contributed by atoms with Crippen LogP contribution >= 0.6 is 11.6 Å². The molecule has 6 nitrogen and oxygen atoms in total. The fraction of sp³-hybridized carbons (Fsp3) is 0.300. The first-order valence-corrected chi connectivity index (χ1v) is 9.19. The Kier molecular flexibility index (Phi) is 4.76. The molecule has 1 fully saturated rings. The van der Waals surface area contributed by atoms with Gasteiger partial charge >= 0.3 is 0 Å². The molecule has 2 aromatic rings. The monoisotopic (exact) mass is 385 g/mol. The lowest BCUT2D eigenvalue weighted by atomic mass is 10.00. The van der Waals surface area contributed by atoms with Gasteiger partial charge in [-0.25, -0.2) is 15.3 Å². The summed E-state index contributed by atoms with van der Waals surface area (Å²) in [5, 5.41) is 0.679. The number of rotatable bonds is 3. The predicted octanol–water partition coefficient (Wildman–Crippen LogP) is 3.26. The van der Waals surface area contributed by atoms with Crippen molar-refractivity contribution in [2.45, 2.75) is 18.6 Å². The average Bonchev–Trinajstić information content (AvgIpc) is 3.12. The van der Waals surface area contributed by atoms with Gasteiger partial charge in [0.05, 0.1) is 7.11 Å². The first kappa shape index (κ1) is 17.8. The molecule has 7 heteroatoms. The second-order valence-corrected chi connectivity index (χ2v) is 7.07. The van der Waals surface area contributed by atoms with E-state index in [0.717, 1.165) is 11.3 Å². The zero-order valence-electron chi connectivity index (χ0n) is 14.9. The van der Waals surface area contributed by atoms with Crippen LogP contribution in [0, 0.1) is 0 Å². The van der Waals surface area contributed by atoms with Gasteiger partial charge in [0.25, 0.3) is 5.91 Å². The van der Waals surface area contributed by atoms with E-state index in [-0.39, 0.29) is 5.91 Å². The molecule has 140 valence electrons. The highest BCUT2D eigenvalue weighted by Crippen LogP contribution is 2.32. The molecule has 0 aromatic heterocycles. The number of amidine groups is 1. The number of halogens is 1. The summed E-state index contributed by atoms with van der Waals surface area (Å²) in [6.07, 6.45) is 1.28. The molecule has 0 saturated carbocycles. The first-order chi connectivity index (χ1) is 13.1. The van der Waals surface area contributed by atoms with Gasteiger partial charge in [-0.2, -0.15) is 0 Å². The number of nitrogens with one attached hydrogen (secondary N) is 1. The minimum Gasteiger partial charge on any atom is -0.497 e. The SMILES string of the molecule is COc1ccc(C(=O)N2CCC3(CC2)N=C(c2ccc(Cl)cc2)NO3)cc1. The van der Waals surface area contributed by atoms with Gasteiger partial charge in [-0.05, 0) is 48.5 Å². The Labute approximate surface area is 162 Å². The van der Waals surface area contributed by atoms with Crippen LogP contribution < -0.4 is 10.2 Å². The Morgan fingerprint density at radius 3 is 2.44 bits per heavy atom.